The molecule has 0 aromatic heterocycles. The van der Waals surface area contributed by atoms with E-state index in [1.54, 1.807) is 0 Å². The lowest BCUT2D eigenvalue weighted by molar-refractivity contribution is 0.269. The molecule has 2 nitrogen and oxygen atoms in total. The maximum atomic E-state index is 11.9. The number of nitrogens with two attached hydrogens (primary N) is 1. The van der Waals surface area contributed by atoms with Gasteiger partial charge in [-0.2, -0.15) is 0 Å². The number of hydrogen-bond acceptors (Lipinski definition) is 2. The highest BCUT2D eigenvalue weighted by Gasteiger charge is 2.09. The van der Waals surface area contributed by atoms with Gasteiger partial charge in [-0.15, -0.1) is 0 Å². The topological polar surface area (TPSA) is 35.2 Å². The maximum absolute atomic E-state index is 11.9. The molecule has 1 aromatic carbocycles. The molecule has 0 bridgehead atoms. The molecule has 0 spiro atoms. The van der Waals surface area contributed by atoms with Gasteiger partial charge in [0.2, 0.25) is 0 Å². The van der Waals surface area contributed by atoms with E-state index in [1.165, 1.54) is 0 Å². The van der Waals surface area contributed by atoms with E-state index in [9.17, 15) is 4.39 Å². The van der Waals surface area contributed by atoms with Gasteiger partial charge in [0.15, 0.2) is 0 Å². The van der Waals surface area contributed by atoms with Gasteiger partial charge in [0.1, 0.15) is 19.0 Å². The zero-order valence-corrected chi connectivity index (χ0v) is 8.37. The van der Waals surface area contributed by atoms with Gasteiger partial charge in [-0.1, -0.05) is 25.1 Å². The van der Waals surface area contributed by atoms with Crippen LogP contribution in [0.5, 0.6) is 5.75 Å². The second-order valence-electron chi connectivity index (χ2n) is 3.09. The van der Waals surface area contributed by atoms with Gasteiger partial charge in [0.25, 0.3) is 0 Å². The zero-order valence-electron chi connectivity index (χ0n) is 8.37. The van der Waals surface area contributed by atoms with Crippen molar-refractivity contribution in [3.8, 4) is 5.75 Å². The summed E-state index contributed by atoms with van der Waals surface area (Å²) in [6.07, 6.45) is 0.843. The van der Waals surface area contributed by atoms with Crippen LogP contribution in [0.4, 0.5) is 4.39 Å². The highest BCUT2D eigenvalue weighted by atomic mass is 19.1. The molecular formula is C11H16FNO. The summed E-state index contributed by atoms with van der Waals surface area (Å²) in [7, 11) is 0. The van der Waals surface area contributed by atoms with E-state index in [0.717, 1.165) is 12.0 Å². The lowest BCUT2D eigenvalue weighted by atomic mass is 10.0. The van der Waals surface area contributed by atoms with Gasteiger partial charge < -0.3 is 10.5 Å². The Morgan fingerprint density at radius 3 is 2.79 bits per heavy atom. The van der Waals surface area contributed by atoms with Crippen LogP contribution in [0, 0.1) is 0 Å². The van der Waals surface area contributed by atoms with Gasteiger partial charge in [0.05, 0.1) is 0 Å². The van der Waals surface area contributed by atoms with Crippen LogP contribution in [0.25, 0.3) is 0 Å². The monoisotopic (exact) mass is 197 g/mol. The fourth-order valence-corrected chi connectivity index (χ4v) is 1.29. The molecule has 1 rings (SSSR count). The van der Waals surface area contributed by atoms with E-state index in [1.807, 2.05) is 31.2 Å². The van der Waals surface area contributed by atoms with Crippen LogP contribution in [0.3, 0.4) is 0 Å². The fraction of sp³-hybridized carbons (Fsp3) is 0.455. The predicted octanol–water partition coefficient (Wildman–Crippen LogP) is 2.44. The minimum atomic E-state index is -0.476. The number of para-hydroxylation sites is 1. The summed E-state index contributed by atoms with van der Waals surface area (Å²) < 4.78 is 17.2. The van der Waals surface area contributed by atoms with Crippen molar-refractivity contribution >= 4 is 0 Å². The van der Waals surface area contributed by atoms with Gasteiger partial charge in [-0.3, -0.25) is 0 Å². The third-order valence-electron chi connectivity index (χ3n) is 2.09. The van der Waals surface area contributed by atoms with E-state index in [2.05, 4.69) is 0 Å². The first-order valence-corrected chi connectivity index (χ1v) is 4.82. The van der Waals surface area contributed by atoms with Crippen LogP contribution in [-0.4, -0.2) is 13.3 Å². The smallest absolute Gasteiger partial charge is 0.124 e. The summed E-state index contributed by atoms with van der Waals surface area (Å²) in [5, 5.41) is 0. The molecule has 0 saturated carbocycles. The maximum Gasteiger partial charge on any atom is 0.124 e. The largest absolute Gasteiger partial charge is 0.491 e. The molecule has 2 N–H and O–H groups in total. The molecule has 14 heavy (non-hydrogen) atoms. The Morgan fingerprint density at radius 2 is 2.14 bits per heavy atom. The summed E-state index contributed by atoms with van der Waals surface area (Å²) in [5.74, 6) is 0.694. The Bertz CT molecular complexity index is 278. The quantitative estimate of drug-likeness (QED) is 0.786. The van der Waals surface area contributed by atoms with Crippen molar-refractivity contribution in [1.82, 2.24) is 0 Å². The molecule has 1 aromatic rings. The molecule has 0 amide bonds. The van der Waals surface area contributed by atoms with Gasteiger partial charge in [-0.25, -0.2) is 4.39 Å². The second kappa shape index (κ2) is 5.60. The first kappa shape index (κ1) is 11.0. The average molecular weight is 197 g/mol. The summed E-state index contributed by atoms with van der Waals surface area (Å²) in [6.45, 7) is 1.62. The molecule has 1 unspecified atom stereocenters. The first-order chi connectivity index (χ1) is 6.79. The molecule has 0 aliphatic carbocycles. The Kier molecular flexibility index (Phi) is 4.40. The summed E-state index contributed by atoms with van der Waals surface area (Å²) in [5.41, 5.74) is 6.84. The van der Waals surface area contributed by atoms with E-state index in [-0.39, 0.29) is 12.6 Å². The van der Waals surface area contributed by atoms with E-state index in [4.69, 9.17) is 10.5 Å². The van der Waals surface area contributed by atoms with Crippen LogP contribution < -0.4 is 10.5 Å². The molecule has 3 heteroatoms. The molecule has 0 heterocycles. The van der Waals surface area contributed by atoms with E-state index >= 15 is 0 Å². The summed E-state index contributed by atoms with van der Waals surface area (Å²) >= 11 is 0. The number of hydrogen-bond donors (Lipinski definition) is 1. The molecule has 1 atom stereocenters. The second-order valence-corrected chi connectivity index (χ2v) is 3.09. The lowest BCUT2D eigenvalue weighted by Crippen LogP contribution is -2.11. The molecule has 0 saturated heterocycles. The third kappa shape index (κ3) is 2.70. The Hall–Kier alpha value is -1.09. The van der Waals surface area contributed by atoms with Crippen molar-refractivity contribution in [2.24, 2.45) is 5.73 Å². The van der Waals surface area contributed by atoms with Crippen molar-refractivity contribution < 1.29 is 9.13 Å². The van der Waals surface area contributed by atoms with E-state index < -0.39 is 6.67 Å². The molecule has 0 fully saturated rings. The van der Waals surface area contributed by atoms with Crippen molar-refractivity contribution in [2.75, 3.05) is 13.3 Å². The normalized spacial score (nSPS) is 12.5. The van der Waals surface area contributed by atoms with Crippen LogP contribution in [0.2, 0.25) is 0 Å². The SMILES string of the molecule is CCC(N)c1ccccc1OCCF. The lowest BCUT2D eigenvalue weighted by Gasteiger charge is -2.14. The number of benzene rings is 1. The molecular weight excluding hydrogens is 181 g/mol. The van der Waals surface area contributed by atoms with E-state index in [0.29, 0.717) is 5.75 Å². The highest BCUT2D eigenvalue weighted by molar-refractivity contribution is 5.35. The van der Waals surface area contributed by atoms with Crippen LogP contribution in [0.15, 0.2) is 24.3 Å². The third-order valence-corrected chi connectivity index (χ3v) is 2.09. The molecule has 0 radical (unpaired) electrons. The molecule has 0 aliphatic rings. The molecule has 78 valence electrons. The summed E-state index contributed by atoms with van der Waals surface area (Å²) in [4.78, 5) is 0. The van der Waals surface area contributed by atoms with Gasteiger partial charge in [0, 0.05) is 11.6 Å². The zero-order chi connectivity index (χ0) is 10.4. The molecule has 0 aliphatic heterocycles. The van der Waals surface area contributed by atoms with Crippen LogP contribution >= 0.6 is 0 Å². The van der Waals surface area contributed by atoms with Crippen LogP contribution in [-0.2, 0) is 0 Å². The number of halogens is 1. The number of alkyl halides is 1. The minimum absolute atomic E-state index is 0.0363. The Labute approximate surface area is 83.9 Å². The standard InChI is InChI=1S/C11H16FNO/c1-2-10(13)9-5-3-4-6-11(9)14-8-7-12/h3-6,10H,2,7-8,13H2,1H3. The van der Waals surface area contributed by atoms with Crippen molar-refractivity contribution in [1.29, 1.82) is 0 Å². The van der Waals surface area contributed by atoms with Crippen molar-refractivity contribution in [3.63, 3.8) is 0 Å². The van der Waals surface area contributed by atoms with Crippen molar-refractivity contribution in [2.45, 2.75) is 19.4 Å². The van der Waals surface area contributed by atoms with Crippen molar-refractivity contribution in [3.05, 3.63) is 29.8 Å². The Balaban J connectivity index is 2.79. The fourth-order valence-electron chi connectivity index (χ4n) is 1.29. The Morgan fingerprint density at radius 1 is 1.43 bits per heavy atom. The predicted molar refractivity (Wildman–Crippen MR) is 55.1 cm³/mol. The average Bonchev–Trinajstić information content (AvgIpc) is 2.25. The summed E-state index contributed by atoms with van der Waals surface area (Å²) in [6, 6.07) is 7.47. The van der Waals surface area contributed by atoms with Gasteiger partial charge in [-0.05, 0) is 12.5 Å². The van der Waals surface area contributed by atoms with Gasteiger partial charge >= 0.3 is 0 Å². The number of rotatable bonds is 5. The van der Waals surface area contributed by atoms with Crippen LogP contribution in [0.1, 0.15) is 24.9 Å². The number of ether oxygens (including phenoxy) is 1. The highest BCUT2D eigenvalue weighted by Crippen LogP contribution is 2.25. The minimum Gasteiger partial charge on any atom is -0.491 e. The first-order valence-electron chi connectivity index (χ1n) is 4.82.